The Balaban J connectivity index is 2.12. The Morgan fingerprint density at radius 1 is 0.703 bits per heavy atom. The molecule has 3 aromatic rings. The van der Waals surface area contributed by atoms with Crippen molar-refractivity contribution < 1.29 is 43.7 Å². The van der Waals surface area contributed by atoms with Gasteiger partial charge in [0.1, 0.15) is 28.4 Å². The number of carbonyl (C=O) groups excluding carboxylic acids is 5. The summed E-state index contributed by atoms with van der Waals surface area (Å²) in [5.41, 5.74) is -2.97. The normalized spacial score (nSPS) is 16.8. The molecule has 5 rings (SSSR count). The van der Waals surface area contributed by atoms with Crippen molar-refractivity contribution in [1.29, 1.82) is 0 Å². The molecular formula is C28H20O9. The number of hydrogen-bond acceptors (Lipinski definition) is 9. The quantitative estimate of drug-likeness (QED) is 0.391. The molecule has 0 saturated heterocycles. The third-order valence-electron chi connectivity index (χ3n) is 6.68. The second-order valence-electron chi connectivity index (χ2n) is 8.96. The molecule has 9 heteroatoms. The summed E-state index contributed by atoms with van der Waals surface area (Å²) in [7, 11) is 0. The molecule has 1 atom stereocenters. The van der Waals surface area contributed by atoms with Gasteiger partial charge in [-0.1, -0.05) is 18.2 Å². The number of ether oxygens (including phenoxy) is 2. The predicted octanol–water partition coefficient (Wildman–Crippen LogP) is 4.48. The van der Waals surface area contributed by atoms with E-state index in [0.29, 0.717) is 0 Å². The lowest BCUT2D eigenvalue weighted by atomic mass is 9.72. The molecule has 2 N–H and O–H groups in total. The van der Waals surface area contributed by atoms with Gasteiger partial charge in [0.25, 0.3) is 0 Å². The molecule has 0 aliphatic carbocycles. The maximum Gasteiger partial charge on any atom is 0.340 e. The van der Waals surface area contributed by atoms with Gasteiger partial charge in [-0.2, -0.15) is 0 Å². The van der Waals surface area contributed by atoms with Crippen LogP contribution in [0.3, 0.4) is 0 Å². The van der Waals surface area contributed by atoms with Crippen molar-refractivity contribution in [2.45, 2.75) is 33.3 Å². The Morgan fingerprint density at radius 2 is 1.30 bits per heavy atom. The molecule has 186 valence electrons. The number of rotatable bonds is 4. The Labute approximate surface area is 210 Å². The van der Waals surface area contributed by atoms with Crippen LogP contribution in [0, 0.1) is 0 Å². The van der Waals surface area contributed by atoms with Crippen molar-refractivity contribution in [3.8, 4) is 23.0 Å². The van der Waals surface area contributed by atoms with Gasteiger partial charge in [-0.3, -0.25) is 19.2 Å². The maximum absolute atomic E-state index is 13.2. The van der Waals surface area contributed by atoms with E-state index in [-0.39, 0.29) is 44.9 Å². The van der Waals surface area contributed by atoms with Crippen LogP contribution in [0.15, 0.2) is 36.4 Å². The van der Waals surface area contributed by atoms with E-state index in [2.05, 4.69) is 0 Å². The molecule has 0 bridgehead atoms. The minimum atomic E-state index is -1.95. The SMILES string of the molecule is CC(=O)c1c(O)ccc2c1Oc1c(C(C)=O)c(O)c(C(C)=O)c(C(C)=O)c1C21OC(=O)c2ccccc21. The van der Waals surface area contributed by atoms with Crippen LogP contribution < -0.4 is 4.74 Å². The standard InChI is InChI=1S/C28H20O9/c1-11(29)19-18(33)10-9-17-25(19)36-26-22(14(4)32)24(34)21(13(3)31)20(12(2)30)23(26)28(17)16-8-6-5-7-15(16)27(35)37-28/h5-10,33-34H,1-4H3. The van der Waals surface area contributed by atoms with Crippen molar-refractivity contribution >= 4 is 29.1 Å². The molecule has 2 heterocycles. The zero-order chi connectivity index (χ0) is 27.0. The van der Waals surface area contributed by atoms with Gasteiger partial charge in [-0.05, 0) is 45.9 Å². The van der Waals surface area contributed by atoms with E-state index in [4.69, 9.17) is 9.47 Å². The fraction of sp³-hybridized carbons (Fsp3) is 0.179. The Kier molecular flexibility index (Phi) is 5.08. The lowest BCUT2D eigenvalue weighted by Gasteiger charge is -2.39. The summed E-state index contributed by atoms with van der Waals surface area (Å²) in [4.78, 5) is 64.5. The molecule has 0 fully saturated rings. The van der Waals surface area contributed by atoms with E-state index in [1.807, 2.05) is 0 Å². The number of benzene rings is 3. The van der Waals surface area contributed by atoms with Gasteiger partial charge in [-0.25, -0.2) is 4.79 Å². The molecule has 9 nitrogen and oxygen atoms in total. The molecule has 3 aromatic carbocycles. The van der Waals surface area contributed by atoms with Gasteiger partial charge in [-0.15, -0.1) is 0 Å². The lowest BCUT2D eigenvalue weighted by molar-refractivity contribution is 0.0219. The van der Waals surface area contributed by atoms with E-state index in [1.54, 1.807) is 18.2 Å². The van der Waals surface area contributed by atoms with Crippen LogP contribution in [0.25, 0.3) is 0 Å². The number of ketones is 4. The van der Waals surface area contributed by atoms with E-state index in [0.717, 1.165) is 13.8 Å². The summed E-state index contributed by atoms with van der Waals surface area (Å²) in [6.45, 7) is 4.61. The zero-order valence-electron chi connectivity index (χ0n) is 20.2. The second kappa shape index (κ2) is 7.86. The lowest BCUT2D eigenvalue weighted by Crippen LogP contribution is -2.36. The van der Waals surface area contributed by atoms with E-state index >= 15 is 0 Å². The minimum Gasteiger partial charge on any atom is -0.507 e. The Hall–Kier alpha value is -4.79. The van der Waals surface area contributed by atoms with Crippen LogP contribution in [-0.4, -0.2) is 39.3 Å². The highest BCUT2D eigenvalue weighted by Crippen LogP contribution is 2.61. The molecule has 0 saturated carbocycles. The number of carbonyl (C=O) groups is 5. The van der Waals surface area contributed by atoms with Crippen molar-refractivity contribution in [2.24, 2.45) is 0 Å². The van der Waals surface area contributed by atoms with Gasteiger partial charge < -0.3 is 19.7 Å². The van der Waals surface area contributed by atoms with Crippen molar-refractivity contribution in [1.82, 2.24) is 0 Å². The number of hydrogen-bond donors (Lipinski definition) is 2. The summed E-state index contributed by atoms with van der Waals surface area (Å²) in [5.74, 6) is -5.21. The first-order valence-electron chi connectivity index (χ1n) is 11.3. The summed E-state index contributed by atoms with van der Waals surface area (Å²) in [5, 5.41) is 21.6. The maximum atomic E-state index is 13.2. The molecule has 2 aliphatic rings. The highest BCUT2D eigenvalue weighted by Gasteiger charge is 2.57. The first-order chi connectivity index (χ1) is 17.4. The molecule has 37 heavy (non-hydrogen) atoms. The number of esters is 1. The van der Waals surface area contributed by atoms with Gasteiger partial charge >= 0.3 is 5.97 Å². The zero-order valence-corrected chi connectivity index (χ0v) is 20.2. The topological polar surface area (TPSA) is 144 Å². The number of phenols is 2. The molecule has 0 aromatic heterocycles. The van der Waals surface area contributed by atoms with Crippen molar-refractivity contribution in [3.63, 3.8) is 0 Å². The highest BCUT2D eigenvalue weighted by molar-refractivity contribution is 6.16. The summed E-state index contributed by atoms with van der Waals surface area (Å²) < 4.78 is 12.1. The third-order valence-corrected chi connectivity index (χ3v) is 6.68. The Morgan fingerprint density at radius 3 is 1.89 bits per heavy atom. The van der Waals surface area contributed by atoms with Crippen LogP contribution in [0.5, 0.6) is 23.0 Å². The summed E-state index contributed by atoms with van der Waals surface area (Å²) in [6, 6.07) is 8.95. The molecule has 1 spiro atoms. The smallest absolute Gasteiger partial charge is 0.340 e. The van der Waals surface area contributed by atoms with Gasteiger partial charge in [0.15, 0.2) is 34.5 Å². The fourth-order valence-corrected chi connectivity index (χ4v) is 5.31. The Bertz CT molecular complexity index is 1630. The highest BCUT2D eigenvalue weighted by atomic mass is 16.6. The average molecular weight is 500 g/mol. The van der Waals surface area contributed by atoms with E-state index in [9.17, 15) is 34.2 Å². The largest absolute Gasteiger partial charge is 0.507 e. The second-order valence-corrected chi connectivity index (χ2v) is 8.96. The van der Waals surface area contributed by atoms with Gasteiger partial charge in [0.05, 0.1) is 16.7 Å². The van der Waals surface area contributed by atoms with Crippen LogP contribution in [0.1, 0.15) is 96.2 Å². The third kappa shape index (κ3) is 3.00. The van der Waals surface area contributed by atoms with Crippen molar-refractivity contribution in [2.75, 3.05) is 0 Å². The molecular weight excluding hydrogens is 480 g/mol. The van der Waals surface area contributed by atoms with Crippen LogP contribution in [0.4, 0.5) is 0 Å². The summed E-state index contributed by atoms with van der Waals surface area (Å²) in [6.07, 6.45) is 0. The van der Waals surface area contributed by atoms with Gasteiger partial charge in [0.2, 0.25) is 0 Å². The first-order valence-corrected chi connectivity index (χ1v) is 11.3. The first kappa shape index (κ1) is 23.9. The molecule has 0 radical (unpaired) electrons. The number of aromatic hydroxyl groups is 2. The number of fused-ring (bicyclic) bond motifs is 6. The van der Waals surface area contributed by atoms with Gasteiger partial charge in [0, 0.05) is 16.7 Å². The average Bonchev–Trinajstić information content (AvgIpc) is 3.10. The van der Waals surface area contributed by atoms with E-state index in [1.165, 1.54) is 32.0 Å². The fourth-order valence-electron chi connectivity index (χ4n) is 5.31. The van der Waals surface area contributed by atoms with E-state index < -0.39 is 57.3 Å². The van der Waals surface area contributed by atoms with Crippen LogP contribution in [-0.2, 0) is 10.3 Å². The predicted molar refractivity (Wildman–Crippen MR) is 128 cm³/mol. The molecule has 2 aliphatic heterocycles. The number of Topliss-reactive ketones (excluding diaryl/α,β-unsaturated/α-hetero) is 4. The van der Waals surface area contributed by atoms with Crippen LogP contribution in [0.2, 0.25) is 0 Å². The number of phenolic OH excluding ortho intramolecular Hbond substituents is 2. The minimum absolute atomic E-state index is 0.0958. The van der Waals surface area contributed by atoms with Crippen molar-refractivity contribution in [3.05, 3.63) is 80.9 Å². The molecule has 1 unspecified atom stereocenters. The monoisotopic (exact) mass is 500 g/mol. The molecule has 0 amide bonds. The van der Waals surface area contributed by atoms with Crippen LogP contribution >= 0.6 is 0 Å². The summed E-state index contributed by atoms with van der Waals surface area (Å²) >= 11 is 0.